The number of carbonyl (C=O) groups excluding carboxylic acids is 2. The maximum absolute atomic E-state index is 11.7. The first-order chi connectivity index (χ1) is 11.0. The number of fused-ring (bicyclic) bond motifs is 1. The molecular weight excluding hydrogens is 296 g/mol. The zero-order chi connectivity index (χ0) is 16.6. The Bertz CT molecular complexity index is 931. The molecule has 2 aromatic heterocycles. The molecule has 0 spiro atoms. The van der Waals surface area contributed by atoms with Crippen molar-refractivity contribution in [3.05, 3.63) is 42.0 Å². The van der Waals surface area contributed by atoms with Gasteiger partial charge in [0.25, 0.3) is 5.91 Å². The summed E-state index contributed by atoms with van der Waals surface area (Å²) in [6, 6.07) is 9.81. The minimum absolute atomic E-state index is 0.165. The summed E-state index contributed by atoms with van der Waals surface area (Å²) < 4.78 is 0. The van der Waals surface area contributed by atoms with Crippen LogP contribution in [-0.2, 0) is 0 Å². The molecule has 3 rings (SSSR count). The molecule has 116 valence electrons. The van der Waals surface area contributed by atoms with Crippen LogP contribution in [0.1, 0.15) is 10.4 Å². The Morgan fingerprint density at radius 3 is 2.57 bits per heavy atom. The number of nitrogens with one attached hydrogen (secondary N) is 2. The van der Waals surface area contributed by atoms with E-state index in [2.05, 4.69) is 15.3 Å². The van der Waals surface area contributed by atoms with Gasteiger partial charge in [-0.3, -0.25) is 10.1 Å². The molecule has 3 amide bonds. The number of urea groups is 1. The van der Waals surface area contributed by atoms with Gasteiger partial charge in [0.15, 0.2) is 0 Å². The molecule has 0 fully saturated rings. The number of nitrogens with zero attached hydrogens (tertiary/aromatic N) is 1. The lowest BCUT2D eigenvalue weighted by Gasteiger charge is -2.02. The Morgan fingerprint density at radius 2 is 1.91 bits per heavy atom. The standard InChI is InChI=1S/C15H14N6O2/c16-11-3-1-2-9(19-11)7-4-5-8-10(6-7)20-14(21-15(18)23)12(8)13(17)22/h1-6,20H,(H2,16,19)(H2,17,22)(H3,18,21,23). The Kier molecular flexibility index (Phi) is 3.34. The average Bonchev–Trinajstić information content (AvgIpc) is 2.83. The summed E-state index contributed by atoms with van der Waals surface area (Å²) >= 11 is 0. The number of rotatable bonds is 3. The van der Waals surface area contributed by atoms with Crippen molar-refractivity contribution in [3.8, 4) is 11.3 Å². The third-order valence-electron chi connectivity index (χ3n) is 3.36. The number of aromatic nitrogens is 2. The van der Waals surface area contributed by atoms with Crippen molar-refractivity contribution in [3.63, 3.8) is 0 Å². The number of H-pyrrole nitrogens is 1. The molecule has 23 heavy (non-hydrogen) atoms. The third kappa shape index (κ3) is 2.64. The summed E-state index contributed by atoms with van der Waals surface area (Å²) in [6.07, 6.45) is 0. The highest BCUT2D eigenvalue weighted by Crippen LogP contribution is 2.29. The molecule has 8 heteroatoms. The van der Waals surface area contributed by atoms with Gasteiger partial charge in [-0.05, 0) is 18.2 Å². The van der Waals surface area contributed by atoms with E-state index in [1.165, 1.54) is 0 Å². The minimum atomic E-state index is -0.795. The topological polar surface area (TPSA) is 153 Å². The fourth-order valence-electron chi connectivity index (χ4n) is 2.44. The van der Waals surface area contributed by atoms with Crippen molar-refractivity contribution in [2.24, 2.45) is 11.5 Å². The molecule has 0 atom stereocenters. The predicted octanol–water partition coefficient (Wildman–Crippen LogP) is 1.40. The molecule has 2 heterocycles. The molecule has 0 aliphatic carbocycles. The molecule has 0 aliphatic rings. The van der Waals surface area contributed by atoms with Gasteiger partial charge in [0.05, 0.1) is 11.3 Å². The second-order valence-electron chi connectivity index (χ2n) is 4.94. The van der Waals surface area contributed by atoms with E-state index in [4.69, 9.17) is 17.2 Å². The van der Waals surface area contributed by atoms with Gasteiger partial charge in [-0.25, -0.2) is 9.78 Å². The highest BCUT2D eigenvalue weighted by Gasteiger charge is 2.18. The van der Waals surface area contributed by atoms with Crippen LogP contribution in [0, 0.1) is 0 Å². The van der Waals surface area contributed by atoms with Crippen LogP contribution >= 0.6 is 0 Å². The fourth-order valence-corrected chi connectivity index (χ4v) is 2.44. The molecule has 3 aromatic rings. The number of hydrogen-bond donors (Lipinski definition) is 5. The van der Waals surface area contributed by atoms with Crippen molar-refractivity contribution < 1.29 is 9.59 Å². The first-order valence-electron chi connectivity index (χ1n) is 6.70. The number of nitrogens with two attached hydrogens (primary N) is 3. The van der Waals surface area contributed by atoms with Crippen LogP contribution < -0.4 is 22.5 Å². The number of benzene rings is 1. The fraction of sp³-hybridized carbons (Fsp3) is 0. The van der Waals surface area contributed by atoms with Crippen LogP contribution in [0.5, 0.6) is 0 Å². The van der Waals surface area contributed by atoms with Crippen LogP contribution in [0.15, 0.2) is 36.4 Å². The SMILES string of the molecule is NC(=O)Nc1[nH]c2cc(-c3cccc(N)n3)ccc2c1C(N)=O. The van der Waals surface area contributed by atoms with Crippen molar-refractivity contribution in [2.75, 3.05) is 11.1 Å². The van der Waals surface area contributed by atoms with E-state index < -0.39 is 11.9 Å². The monoisotopic (exact) mass is 310 g/mol. The maximum atomic E-state index is 11.7. The largest absolute Gasteiger partial charge is 0.384 e. The van der Waals surface area contributed by atoms with Gasteiger partial charge in [0, 0.05) is 16.5 Å². The summed E-state index contributed by atoms with van der Waals surface area (Å²) in [5.74, 6) is -0.101. The van der Waals surface area contributed by atoms with E-state index >= 15 is 0 Å². The van der Waals surface area contributed by atoms with E-state index in [1.54, 1.807) is 30.3 Å². The lowest BCUT2D eigenvalue weighted by molar-refractivity contribution is 0.100. The summed E-state index contributed by atoms with van der Waals surface area (Å²) in [5.41, 5.74) is 18.5. The number of hydrogen-bond acceptors (Lipinski definition) is 4. The highest BCUT2D eigenvalue weighted by molar-refractivity contribution is 6.13. The summed E-state index contributed by atoms with van der Waals surface area (Å²) in [7, 11) is 0. The van der Waals surface area contributed by atoms with Gasteiger partial charge in [-0.2, -0.15) is 0 Å². The van der Waals surface area contributed by atoms with E-state index in [0.29, 0.717) is 22.4 Å². The first kappa shape index (κ1) is 14.4. The van der Waals surface area contributed by atoms with E-state index in [1.807, 2.05) is 6.07 Å². The molecule has 0 unspecified atom stereocenters. The van der Waals surface area contributed by atoms with Crippen molar-refractivity contribution >= 4 is 34.5 Å². The lowest BCUT2D eigenvalue weighted by atomic mass is 10.1. The Hall–Kier alpha value is -3.55. The number of pyridine rings is 1. The summed E-state index contributed by atoms with van der Waals surface area (Å²) in [6.45, 7) is 0. The van der Waals surface area contributed by atoms with Crippen LogP contribution in [0.3, 0.4) is 0 Å². The summed E-state index contributed by atoms with van der Waals surface area (Å²) in [4.78, 5) is 29.9. The normalized spacial score (nSPS) is 10.6. The van der Waals surface area contributed by atoms with Gasteiger partial charge in [-0.15, -0.1) is 0 Å². The first-order valence-corrected chi connectivity index (χ1v) is 6.70. The second-order valence-corrected chi connectivity index (χ2v) is 4.94. The molecule has 8 nitrogen and oxygen atoms in total. The Labute approximate surface area is 130 Å². The highest BCUT2D eigenvalue weighted by atomic mass is 16.2. The molecule has 0 radical (unpaired) electrons. The van der Waals surface area contributed by atoms with Gasteiger partial charge < -0.3 is 22.2 Å². The molecule has 1 aromatic carbocycles. The zero-order valence-electron chi connectivity index (χ0n) is 12.0. The van der Waals surface area contributed by atoms with Crippen molar-refractivity contribution in [1.29, 1.82) is 0 Å². The number of primary amides is 2. The van der Waals surface area contributed by atoms with Gasteiger partial charge in [0.2, 0.25) is 0 Å². The third-order valence-corrected chi connectivity index (χ3v) is 3.36. The number of anilines is 2. The number of nitrogen functional groups attached to an aromatic ring is 1. The van der Waals surface area contributed by atoms with Crippen LogP contribution in [0.25, 0.3) is 22.2 Å². The number of carbonyl (C=O) groups is 2. The van der Waals surface area contributed by atoms with E-state index in [0.717, 1.165) is 5.56 Å². The van der Waals surface area contributed by atoms with Crippen LogP contribution in [0.2, 0.25) is 0 Å². The second kappa shape index (κ2) is 5.34. The van der Waals surface area contributed by atoms with Gasteiger partial charge in [0.1, 0.15) is 11.6 Å². The summed E-state index contributed by atoms with van der Waals surface area (Å²) in [5, 5.41) is 2.94. The predicted molar refractivity (Wildman–Crippen MR) is 87.7 cm³/mol. The molecular formula is C15H14N6O2. The van der Waals surface area contributed by atoms with E-state index in [-0.39, 0.29) is 11.4 Å². The van der Waals surface area contributed by atoms with Gasteiger partial charge in [-0.1, -0.05) is 18.2 Å². The lowest BCUT2D eigenvalue weighted by Crippen LogP contribution is -2.22. The van der Waals surface area contributed by atoms with Crippen molar-refractivity contribution in [2.45, 2.75) is 0 Å². The molecule has 0 saturated heterocycles. The number of amides is 3. The quantitative estimate of drug-likeness (QED) is 0.496. The van der Waals surface area contributed by atoms with E-state index in [9.17, 15) is 9.59 Å². The maximum Gasteiger partial charge on any atom is 0.317 e. The average molecular weight is 310 g/mol. The molecule has 8 N–H and O–H groups in total. The van der Waals surface area contributed by atoms with Gasteiger partial charge >= 0.3 is 6.03 Å². The molecule has 0 aliphatic heterocycles. The molecule has 0 saturated carbocycles. The molecule has 0 bridgehead atoms. The van der Waals surface area contributed by atoms with Crippen LogP contribution in [-0.4, -0.2) is 21.9 Å². The Balaban J connectivity index is 2.17. The minimum Gasteiger partial charge on any atom is -0.384 e. The smallest absolute Gasteiger partial charge is 0.317 e. The number of aromatic amines is 1. The zero-order valence-corrected chi connectivity index (χ0v) is 12.0. The Morgan fingerprint density at radius 1 is 1.13 bits per heavy atom. The van der Waals surface area contributed by atoms with Crippen molar-refractivity contribution in [1.82, 2.24) is 9.97 Å². The van der Waals surface area contributed by atoms with Crippen LogP contribution in [0.4, 0.5) is 16.4 Å².